The van der Waals surface area contributed by atoms with Gasteiger partial charge >= 0.3 is 0 Å². The Morgan fingerprint density at radius 1 is 1.08 bits per heavy atom. The van der Waals surface area contributed by atoms with Crippen LogP contribution in [0.4, 0.5) is 0 Å². The van der Waals surface area contributed by atoms with Crippen LogP contribution in [0.25, 0.3) is 0 Å². The summed E-state index contributed by atoms with van der Waals surface area (Å²) in [5.74, 6) is 1.02. The number of carbonyl (C=O) groups excluding carboxylic acids is 1. The van der Waals surface area contributed by atoms with Crippen LogP contribution in [-0.2, 0) is 4.79 Å². The van der Waals surface area contributed by atoms with Crippen LogP contribution in [0.2, 0.25) is 5.02 Å². The molecule has 2 rings (SSSR count). The molecular formula is C18H19ClN2O3. The highest BCUT2D eigenvalue weighted by atomic mass is 35.5. The summed E-state index contributed by atoms with van der Waals surface area (Å²) in [5.41, 5.74) is 4.21. The van der Waals surface area contributed by atoms with E-state index in [0.717, 1.165) is 17.0 Å². The molecule has 126 valence electrons. The number of rotatable bonds is 7. The van der Waals surface area contributed by atoms with Gasteiger partial charge in [0, 0.05) is 5.02 Å². The Kier molecular flexibility index (Phi) is 6.63. The maximum Gasteiger partial charge on any atom is 0.277 e. The molecule has 0 fully saturated rings. The lowest BCUT2D eigenvalue weighted by Crippen LogP contribution is -2.26. The molecule has 1 N–H and O–H groups in total. The van der Waals surface area contributed by atoms with E-state index in [0.29, 0.717) is 17.2 Å². The number of carbonyl (C=O) groups is 1. The van der Waals surface area contributed by atoms with E-state index in [-0.39, 0.29) is 12.5 Å². The minimum Gasteiger partial charge on any atom is -0.497 e. The van der Waals surface area contributed by atoms with Crippen molar-refractivity contribution in [2.75, 3.05) is 13.7 Å². The first-order valence-corrected chi connectivity index (χ1v) is 7.88. The Labute approximate surface area is 146 Å². The number of hydrazone groups is 1. The molecule has 0 radical (unpaired) electrons. The molecule has 0 unspecified atom stereocenters. The van der Waals surface area contributed by atoms with Gasteiger partial charge in [0.2, 0.25) is 0 Å². The van der Waals surface area contributed by atoms with Gasteiger partial charge in [-0.15, -0.1) is 0 Å². The number of hydrogen-bond acceptors (Lipinski definition) is 4. The molecule has 24 heavy (non-hydrogen) atoms. The lowest BCUT2D eigenvalue weighted by Gasteiger charge is -2.07. The molecule has 5 nitrogen and oxygen atoms in total. The third kappa shape index (κ3) is 5.28. The number of amides is 1. The van der Waals surface area contributed by atoms with Crippen molar-refractivity contribution < 1.29 is 14.3 Å². The predicted octanol–water partition coefficient (Wildman–Crippen LogP) is 3.66. The van der Waals surface area contributed by atoms with Gasteiger partial charge in [-0.2, -0.15) is 5.10 Å². The first-order chi connectivity index (χ1) is 11.6. The Bertz CT molecular complexity index is 697. The average Bonchev–Trinajstić information content (AvgIpc) is 2.62. The fourth-order valence-corrected chi connectivity index (χ4v) is 2.10. The Hall–Kier alpha value is -2.53. The van der Waals surface area contributed by atoms with E-state index in [2.05, 4.69) is 10.5 Å². The Morgan fingerprint density at radius 3 is 2.29 bits per heavy atom. The maximum atomic E-state index is 11.8. The highest BCUT2D eigenvalue weighted by molar-refractivity contribution is 6.30. The van der Waals surface area contributed by atoms with Gasteiger partial charge in [-0.1, -0.05) is 18.5 Å². The molecule has 0 heterocycles. The van der Waals surface area contributed by atoms with Crippen LogP contribution in [0.15, 0.2) is 53.6 Å². The van der Waals surface area contributed by atoms with Crippen molar-refractivity contribution in [2.45, 2.75) is 13.3 Å². The average molecular weight is 347 g/mol. The summed E-state index contributed by atoms with van der Waals surface area (Å²) in [6.07, 6.45) is 0.685. The van der Waals surface area contributed by atoms with E-state index in [4.69, 9.17) is 21.1 Å². The zero-order valence-electron chi connectivity index (χ0n) is 13.6. The van der Waals surface area contributed by atoms with E-state index >= 15 is 0 Å². The molecule has 0 spiro atoms. The van der Waals surface area contributed by atoms with Crippen molar-refractivity contribution >= 4 is 23.2 Å². The van der Waals surface area contributed by atoms with Crippen LogP contribution >= 0.6 is 11.6 Å². The van der Waals surface area contributed by atoms with E-state index in [9.17, 15) is 4.79 Å². The molecule has 0 bridgehead atoms. The number of nitrogens with zero attached hydrogens (tertiary/aromatic N) is 1. The second kappa shape index (κ2) is 8.93. The zero-order chi connectivity index (χ0) is 17.4. The predicted molar refractivity (Wildman–Crippen MR) is 94.9 cm³/mol. The molecule has 0 aromatic heterocycles. The normalized spacial score (nSPS) is 11.0. The summed E-state index contributed by atoms with van der Waals surface area (Å²) in [7, 11) is 1.62. The molecule has 0 saturated heterocycles. The topological polar surface area (TPSA) is 59.9 Å². The van der Waals surface area contributed by atoms with Gasteiger partial charge in [0.25, 0.3) is 5.91 Å². The number of ether oxygens (including phenoxy) is 2. The molecular weight excluding hydrogens is 328 g/mol. The van der Waals surface area contributed by atoms with Gasteiger partial charge in [0.05, 0.1) is 12.8 Å². The molecule has 1 amide bonds. The molecule has 0 aliphatic rings. The van der Waals surface area contributed by atoms with Gasteiger partial charge in [-0.3, -0.25) is 4.79 Å². The lowest BCUT2D eigenvalue weighted by atomic mass is 10.1. The number of hydrogen-bond donors (Lipinski definition) is 1. The van der Waals surface area contributed by atoms with Crippen LogP contribution in [0.3, 0.4) is 0 Å². The van der Waals surface area contributed by atoms with Crippen molar-refractivity contribution in [3.63, 3.8) is 0 Å². The SMILES string of the molecule is CCC(=NNC(=O)COc1ccc(Cl)cc1)c1ccc(OC)cc1. The maximum absolute atomic E-state index is 11.8. The smallest absolute Gasteiger partial charge is 0.277 e. The van der Waals surface area contributed by atoms with Gasteiger partial charge in [-0.25, -0.2) is 5.43 Å². The summed E-state index contributed by atoms with van der Waals surface area (Å²) in [5, 5.41) is 4.78. The van der Waals surface area contributed by atoms with Gasteiger partial charge in [-0.05, 0) is 60.5 Å². The van der Waals surface area contributed by atoms with E-state index in [1.165, 1.54) is 0 Å². The van der Waals surface area contributed by atoms with Gasteiger partial charge in [0.1, 0.15) is 11.5 Å². The van der Waals surface area contributed by atoms with E-state index < -0.39 is 0 Å². The van der Waals surface area contributed by atoms with Gasteiger partial charge in [0.15, 0.2) is 6.61 Å². The van der Waals surface area contributed by atoms with Crippen LogP contribution < -0.4 is 14.9 Å². The Balaban J connectivity index is 1.91. The van der Waals surface area contributed by atoms with Crippen LogP contribution in [-0.4, -0.2) is 25.3 Å². The quantitative estimate of drug-likeness (QED) is 0.615. The summed E-state index contributed by atoms with van der Waals surface area (Å²) in [6.45, 7) is 1.85. The lowest BCUT2D eigenvalue weighted by molar-refractivity contribution is -0.123. The second-order valence-electron chi connectivity index (χ2n) is 4.92. The number of halogens is 1. The van der Waals surface area contributed by atoms with Crippen LogP contribution in [0.5, 0.6) is 11.5 Å². The van der Waals surface area contributed by atoms with Crippen LogP contribution in [0, 0.1) is 0 Å². The van der Waals surface area contributed by atoms with Crippen molar-refractivity contribution in [2.24, 2.45) is 5.10 Å². The van der Waals surface area contributed by atoms with Gasteiger partial charge < -0.3 is 9.47 Å². The van der Waals surface area contributed by atoms with E-state index in [1.54, 1.807) is 31.4 Å². The molecule has 0 atom stereocenters. The second-order valence-corrected chi connectivity index (χ2v) is 5.35. The standard InChI is InChI=1S/C18H19ClN2O3/c1-3-17(13-4-8-15(23-2)9-5-13)20-21-18(22)12-24-16-10-6-14(19)7-11-16/h4-11H,3,12H2,1-2H3,(H,21,22). The fourth-order valence-electron chi connectivity index (χ4n) is 1.97. The van der Waals surface area contributed by atoms with Crippen molar-refractivity contribution in [3.8, 4) is 11.5 Å². The summed E-state index contributed by atoms with van der Waals surface area (Å²) in [4.78, 5) is 11.8. The molecule has 0 aliphatic carbocycles. The molecule has 0 aliphatic heterocycles. The number of methoxy groups -OCH3 is 1. The number of nitrogens with one attached hydrogen (secondary N) is 1. The molecule has 2 aromatic carbocycles. The fraction of sp³-hybridized carbons (Fsp3) is 0.222. The minimum absolute atomic E-state index is 0.120. The third-order valence-electron chi connectivity index (χ3n) is 3.26. The van der Waals surface area contributed by atoms with E-state index in [1.807, 2.05) is 31.2 Å². The highest BCUT2D eigenvalue weighted by Gasteiger charge is 2.05. The van der Waals surface area contributed by atoms with Crippen molar-refractivity contribution in [1.29, 1.82) is 0 Å². The summed E-state index contributed by atoms with van der Waals surface area (Å²) in [6, 6.07) is 14.3. The van der Waals surface area contributed by atoms with Crippen LogP contribution in [0.1, 0.15) is 18.9 Å². The summed E-state index contributed by atoms with van der Waals surface area (Å²) < 4.78 is 10.5. The zero-order valence-corrected chi connectivity index (χ0v) is 14.3. The molecule has 0 saturated carbocycles. The largest absolute Gasteiger partial charge is 0.497 e. The van der Waals surface area contributed by atoms with Crippen molar-refractivity contribution in [3.05, 3.63) is 59.1 Å². The first kappa shape index (κ1) is 17.8. The third-order valence-corrected chi connectivity index (χ3v) is 3.51. The monoisotopic (exact) mass is 346 g/mol. The molecule has 2 aromatic rings. The van der Waals surface area contributed by atoms with Crippen molar-refractivity contribution in [1.82, 2.24) is 5.43 Å². The first-order valence-electron chi connectivity index (χ1n) is 7.50. The molecule has 6 heteroatoms. The Morgan fingerprint density at radius 2 is 1.71 bits per heavy atom. The summed E-state index contributed by atoms with van der Waals surface area (Å²) >= 11 is 5.79. The highest BCUT2D eigenvalue weighted by Crippen LogP contribution is 2.15. The number of benzene rings is 2. The minimum atomic E-state index is -0.329.